The SMILES string of the molecule is Cc1nn(-c2ccc(F)cc2)cc1-c1noc(C(=O)NCC2CCCO2)n1. The predicted molar refractivity (Wildman–Crippen MR) is 92.9 cm³/mol. The van der Waals surface area contributed by atoms with Crippen molar-refractivity contribution in [3.63, 3.8) is 0 Å². The summed E-state index contributed by atoms with van der Waals surface area (Å²) in [5, 5.41) is 11.0. The number of nitrogens with one attached hydrogen (secondary N) is 1. The van der Waals surface area contributed by atoms with Gasteiger partial charge in [-0.15, -0.1) is 0 Å². The van der Waals surface area contributed by atoms with Crippen LogP contribution in [0.3, 0.4) is 0 Å². The van der Waals surface area contributed by atoms with Gasteiger partial charge in [0.25, 0.3) is 0 Å². The Bertz CT molecular complexity index is 944. The number of halogens is 1. The molecule has 0 saturated carbocycles. The fourth-order valence-corrected chi connectivity index (χ4v) is 2.92. The summed E-state index contributed by atoms with van der Waals surface area (Å²) in [4.78, 5) is 16.3. The Morgan fingerprint density at radius 2 is 2.19 bits per heavy atom. The van der Waals surface area contributed by atoms with Gasteiger partial charge < -0.3 is 14.6 Å². The number of rotatable bonds is 5. The monoisotopic (exact) mass is 371 g/mol. The first kappa shape index (κ1) is 17.3. The zero-order valence-electron chi connectivity index (χ0n) is 14.7. The van der Waals surface area contributed by atoms with Crippen molar-refractivity contribution in [2.24, 2.45) is 0 Å². The molecule has 1 aliphatic heterocycles. The van der Waals surface area contributed by atoms with Gasteiger partial charge in [0.2, 0.25) is 5.82 Å². The fraction of sp³-hybridized carbons (Fsp3) is 0.333. The zero-order chi connectivity index (χ0) is 18.8. The molecule has 0 radical (unpaired) electrons. The normalized spacial score (nSPS) is 16.6. The molecule has 1 amide bonds. The zero-order valence-corrected chi connectivity index (χ0v) is 14.7. The topological polar surface area (TPSA) is 95.1 Å². The van der Waals surface area contributed by atoms with Crippen molar-refractivity contribution < 1.29 is 18.4 Å². The quantitative estimate of drug-likeness (QED) is 0.739. The first-order valence-corrected chi connectivity index (χ1v) is 8.66. The van der Waals surface area contributed by atoms with E-state index in [9.17, 15) is 9.18 Å². The third kappa shape index (κ3) is 3.72. The van der Waals surface area contributed by atoms with Crippen LogP contribution in [0.4, 0.5) is 4.39 Å². The van der Waals surface area contributed by atoms with Crippen molar-refractivity contribution >= 4 is 5.91 Å². The molecule has 140 valence electrons. The van der Waals surface area contributed by atoms with E-state index in [-0.39, 0.29) is 23.6 Å². The Morgan fingerprint density at radius 3 is 2.93 bits per heavy atom. The largest absolute Gasteiger partial charge is 0.376 e. The van der Waals surface area contributed by atoms with E-state index in [0.717, 1.165) is 19.4 Å². The number of aryl methyl sites for hydroxylation is 1. The highest BCUT2D eigenvalue weighted by Crippen LogP contribution is 2.21. The fourth-order valence-electron chi connectivity index (χ4n) is 2.92. The Kier molecular flexibility index (Phi) is 4.68. The number of benzene rings is 1. The molecular weight excluding hydrogens is 353 g/mol. The molecule has 3 aromatic rings. The van der Waals surface area contributed by atoms with E-state index in [4.69, 9.17) is 9.26 Å². The summed E-state index contributed by atoms with van der Waals surface area (Å²) < 4.78 is 25.2. The lowest BCUT2D eigenvalue weighted by Crippen LogP contribution is -2.31. The van der Waals surface area contributed by atoms with Gasteiger partial charge in [-0.3, -0.25) is 4.79 Å². The first-order valence-electron chi connectivity index (χ1n) is 8.66. The van der Waals surface area contributed by atoms with Gasteiger partial charge in [-0.05, 0) is 44.0 Å². The van der Waals surface area contributed by atoms with Crippen LogP contribution in [-0.4, -0.2) is 45.1 Å². The smallest absolute Gasteiger partial charge is 0.316 e. The van der Waals surface area contributed by atoms with Gasteiger partial charge >= 0.3 is 11.8 Å². The first-order chi connectivity index (χ1) is 13.1. The van der Waals surface area contributed by atoms with Crippen LogP contribution in [0.25, 0.3) is 17.1 Å². The van der Waals surface area contributed by atoms with Gasteiger partial charge in [-0.25, -0.2) is 9.07 Å². The second-order valence-corrected chi connectivity index (χ2v) is 6.32. The third-order valence-electron chi connectivity index (χ3n) is 4.37. The second-order valence-electron chi connectivity index (χ2n) is 6.32. The lowest BCUT2D eigenvalue weighted by Gasteiger charge is -2.08. The standard InChI is InChI=1S/C18H18FN5O3/c1-11-15(10-24(22-11)13-6-4-12(19)5-7-13)16-21-18(27-23-16)17(25)20-9-14-3-2-8-26-14/h4-7,10,14H,2-3,8-9H2,1H3,(H,20,25). The second kappa shape index (κ2) is 7.28. The van der Waals surface area contributed by atoms with Crippen LogP contribution >= 0.6 is 0 Å². The number of amides is 1. The number of hydrogen-bond donors (Lipinski definition) is 1. The molecule has 4 rings (SSSR count). The summed E-state index contributed by atoms with van der Waals surface area (Å²) in [5.74, 6) is -0.604. The van der Waals surface area contributed by atoms with Crippen LogP contribution in [0, 0.1) is 12.7 Å². The van der Waals surface area contributed by atoms with Crippen molar-refractivity contribution in [1.82, 2.24) is 25.2 Å². The molecule has 0 spiro atoms. The van der Waals surface area contributed by atoms with Crippen LogP contribution in [0.2, 0.25) is 0 Å². The van der Waals surface area contributed by atoms with Gasteiger partial charge in [-0.2, -0.15) is 10.1 Å². The Hall–Kier alpha value is -3.07. The summed E-state index contributed by atoms with van der Waals surface area (Å²) in [7, 11) is 0. The number of aromatic nitrogens is 4. The lowest BCUT2D eigenvalue weighted by atomic mass is 10.2. The molecule has 1 N–H and O–H groups in total. The van der Waals surface area contributed by atoms with Crippen LogP contribution in [0.1, 0.15) is 29.2 Å². The maximum atomic E-state index is 13.1. The van der Waals surface area contributed by atoms with E-state index in [1.54, 1.807) is 29.9 Å². The Morgan fingerprint density at radius 1 is 1.37 bits per heavy atom. The molecule has 27 heavy (non-hydrogen) atoms. The highest BCUT2D eigenvalue weighted by atomic mass is 19.1. The Balaban J connectivity index is 1.49. The van der Waals surface area contributed by atoms with Crippen LogP contribution in [0.15, 0.2) is 35.0 Å². The molecule has 1 atom stereocenters. The molecule has 0 aliphatic carbocycles. The minimum atomic E-state index is -0.437. The van der Waals surface area contributed by atoms with Crippen molar-refractivity contribution in [2.75, 3.05) is 13.2 Å². The summed E-state index contributed by atoms with van der Waals surface area (Å²) in [6.07, 6.45) is 3.67. The maximum Gasteiger partial charge on any atom is 0.316 e. The molecule has 1 saturated heterocycles. The number of carbonyl (C=O) groups excluding carboxylic acids is 1. The van der Waals surface area contributed by atoms with Gasteiger partial charge in [0.15, 0.2) is 0 Å². The summed E-state index contributed by atoms with van der Waals surface area (Å²) >= 11 is 0. The van der Waals surface area contributed by atoms with Gasteiger partial charge in [-0.1, -0.05) is 5.16 Å². The predicted octanol–water partition coefficient (Wildman–Crippen LogP) is 2.28. The molecule has 3 heterocycles. The summed E-state index contributed by atoms with van der Waals surface area (Å²) in [5.41, 5.74) is 1.98. The molecule has 1 fully saturated rings. The average Bonchev–Trinajstić information content (AvgIpc) is 3.41. The Labute approximate surface area is 154 Å². The molecule has 1 unspecified atom stereocenters. The van der Waals surface area contributed by atoms with Gasteiger partial charge in [0.1, 0.15) is 5.82 Å². The molecule has 8 nitrogen and oxygen atoms in total. The van der Waals surface area contributed by atoms with E-state index in [1.807, 2.05) is 0 Å². The lowest BCUT2D eigenvalue weighted by molar-refractivity contribution is 0.0822. The van der Waals surface area contributed by atoms with E-state index in [2.05, 4.69) is 20.6 Å². The average molecular weight is 371 g/mol. The van der Waals surface area contributed by atoms with Crippen LogP contribution in [-0.2, 0) is 4.74 Å². The molecule has 1 aromatic carbocycles. The van der Waals surface area contributed by atoms with Crippen molar-refractivity contribution in [3.8, 4) is 17.1 Å². The molecule has 2 aromatic heterocycles. The number of ether oxygens (including phenoxy) is 1. The number of carbonyl (C=O) groups is 1. The molecular formula is C18H18FN5O3. The highest BCUT2D eigenvalue weighted by molar-refractivity contribution is 5.89. The van der Waals surface area contributed by atoms with Crippen molar-refractivity contribution in [3.05, 3.63) is 47.9 Å². The highest BCUT2D eigenvalue weighted by Gasteiger charge is 2.21. The number of hydrogen-bond acceptors (Lipinski definition) is 6. The summed E-state index contributed by atoms with van der Waals surface area (Å²) in [6, 6.07) is 5.95. The molecule has 9 heteroatoms. The van der Waals surface area contributed by atoms with E-state index in [1.165, 1.54) is 12.1 Å². The van der Waals surface area contributed by atoms with Crippen molar-refractivity contribution in [1.29, 1.82) is 0 Å². The number of nitrogens with zero attached hydrogens (tertiary/aromatic N) is 4. The van der Waals surface area contributed by atoms with Crippen molar-refractivity contribution in [2.45, 2.75) is 25.9 Å². The van der Waals surface area contributed by atoms with Gasteiger partial charge in [0.05, 0.1) is 23.0 Å². The van der Waals surface area contributed by atoms with Crippen LogP contribution < -0.4 is 5.32 Å². The maximum absolute atomic E-state index is 13.1. The molecule has 0 bridgehead atoms. The molecule has 1 aliphatic rings. The minimum Gasteiger partial charge on any atom is -0.376 e. The van der Waals surface area contributed by atoms with Gasteiger partial charge in [0, 0.05) is 19.3 Å². The van der Waals surface area contributed by atoms with Crippen LogP contribution in [0.5, 0.6) is 0 Å². The van der Waals surface area contributed by atoms with E-state index >= 15 is 0 Å². The van der Waals surface area contributed by atoms with E-state index < -0.39 is 5.91 Å². The minimum absolute atomic E-state index is 0.0347. The van der Waals surface area contributed by atoms with E-state index in [0.29, 0.717) is 23.5 Å². The third-order valence-corrected chi connectivity index (χ3v) is 4.37. The summed E-state index contributed by atoms with van der Waals surface area (Å²) in [6.45, 7) is 2.93.